The van der Waals surface area contributed by atoms with Crippen LogP contribution < -0.4 is 0 Å². The van der Waals surface area contributed by atoms with Gasteiger partial charge in [-0.25, -0.2) is 4.98 Å². The molecule has 1 aromatic carbocycles. The van der Waals surface area contributed by atoms with Gasteiger partial charge in [-0.05, 0) is 17.7 Å². The number of H-pyrrole nitrogens is 2. The summed E-state index contributed by atoms with van der Waals surface area (Å²) >= 11 is 1.58. The van der Waals surface area contributed by atoms with Gasteiger partial charge in [0.05, 0.1) is 34.9 Å². The van der Waals surface area contributed by atoms with Gasteiger partial charge in [-0.15, -0.1) is 11.3 Å². The summed E-state index contributed by atoms with van der Waals surface area (Å²) < 4.78 is 2.78. The predicted octanol–water partition coefficient (Wildman–Crippen LogP) is 3.66. The first kappa shape index (κ1) is 20.1. The number of carbonyl (C=O) groups is 1. The number of hydrogen-bond donors (Lipinski definition) is 2. The van der Waals surface area contributed by atoms with Crippen LogP contribution in [0.4, 0.5) is 0 Å². The molecule has 0 aliphatic rings. The molecule has 1 unspecified atom stereocenters. The summed E-state index contributed by atoms with van der Waals surface area (Å²) in [6, 6.07) is 8.01. The third kappa shape index (κ3) is 3.38. The molecule has 0 amide bonds. The number of rotatable bonds is 7. The molecule has 162 valence electrons. The lowest BCUT2D eigenvalue weighted by Gasteiger charge is -2.13. The normalized spacial score (nSPS) is 12.8. The summed E-state index contributed by atoms with van der Waals surface area (Å²) in [7, 11) is 3.77. The number of carbonyl (C=O) groups excluding carboxylic acids is 1. The van der Waals surface area contributed by atoms with Crippen molar-refractivity contribution in [2.24, 2.45) is 12.1 Å². The Morgan fingerprint density at radius 1 is 1.28 bits per heavy atom. The van der Waals surface area contributed by atoms with E-state index in [9.17, 15) is 4.79 Å². The number of hydrogen-bond acceptors (Lipinski definition) is 7. The average molecular weight is 447 g/mol. The Morgan fingerprint density at radius 3 is 2.94 bits per heavy atom. The Bertz CT molecular complexity index is 1430. The van der Waals surface area contributed by atoms with E-state index in [1.165, 1.54) is 0 Å². The van der Waals surface area contributed by atoms with Crippen molar-refractivity contribution in [1.29, 1.82) is 0 Å². The summed E-state index contributed by atoms with van der Waals surface area (Å²) in [6.07, 6.45) is 6.18. The highest BCUT2D eigenvalue weighted by Crippen LogP contribution is 2.34. The van der Waals surface area contributed by atoms with E-state index in [-0.39, 0.29) is 5.92 Å². The van der Waals surface area contributed by atoms with Crippen LogP contribution in [0.15, 0.2) is 41.8 Å². The van der Waals surface area contributed by atoms with Gasteiger partial charge in [0.1, 0.15) is 5.01 Å². The zero-order valence-corrected chi connectivity index (χ0v) is 18.7. The van der Waals surface area contributed by atoms with E-state index < -0.39 is 0 Å². The predicted molar refractivity (Wildman–Crippen MR) is 125 cm³/mol. The number of aromatic nitrogens is 6. The molecule has 9 nitrogen and oxygen atoms in total. The molecule has 0 radical (unpaired) electrons. The number of nitrogens with one attached hydrogen (secondary N) is 2. The highest BCUT2D eigenvalue weighted by atomic mass is 32.1. The molecule has 1 atom stereocenters. The summed E-state index contributed by atoms with van der Waals surface area (Å²) in [5.74, 6) is 0.0810. The van der Waals surface area contributed by atoms with Gasteiger partial charge in [0.25, 0.3) is 0 Å². The van der Waals surface area contributed by atoms with Crippen molar-refractivity contribution in [2.45, 2.75) is 19.4 Å². The zero-order valence-electron chi connectivity index (χ0n) is 17.9. The van der Waals surface area contributed by atoms with E-state index in [2.05, 4.69) is 38.5 Å². The fourth-order valence-electron chi connectivity index (χ4n) is 3.85. The molecule has 2 N–H and O–H groups in total. The second-order valence-electron chi connectivity index (χ2n) is 7.72. The summed E-state index contributed by atoms with van der Waals surface area (Å²) in [6.45, 7) is 2.70. The smallest absolute Gasteiger partial charge is 0.167 e. The van der Waals surface area contributed by atoms with Crippen molar-refractivity contribution in [1.82, 2.24) is 35.0 Å². The van der Waals surface area contributed by atoms with Crippen LogP contribution in [0.5, 0.6) is 0 Å². The number of nitrogens with zero attached hydrogens (tertiary/aromatic N) is 6. The maximum absolute atomic E-state index is 11.8. The minimum atomic E-state index is 0.0810. The molecule has 0 bridgehead atoms. The summed E-state index contributed by atoms with van der Waals surface area (Å²) in [5, 5.41) is 22.7. The fourth-order valence-corrected chi connectivity index (χ4v) is 5.03. The number of aryl methyl sites for hydroxylation is 1. The second-order valence-corrected chi connectivity index (χ2v) is 8.75. The van der Waals surface area contributed by atoms with Crippen LogP contribution >= 0.6 is 11.3 Å². The Labute approximate surface area is 187 Å². The third-order valence-corrected chi connectivity index (χ3v) is 6.92. The molecule has 32 heavy (non-hydrogen) atoms. The Morgan fingerprint density at radius 2 is 2.16 bits per heavy atom. The van der Waals surface area contributed by atoms with Crippen molar-refractivity contribution < 1.29 is 4.79 Å². The van der Waals surface area contributed by atoms with Crippen LogP contribution in [0.1, 0.15) is 45.2 Å². The maximum Gasteiger partial charge on any atom is 0.167 e. The number of hydrazone groups is 1. The van der Waals surface area contributed by atoms with E-state index in [1.807, 2.05) is 48.1 Å². The van der Waals surface area contributed by atoms with Gasteiger partial charge in [-0.2, -0.15) is 15.3 Å². The number of fused-ring (bicyclic) bond motifs is 2. The van der Waals surface area contributed by atoms with Gasteiger partial charge in [0.15, 0.2) is 11.9 Å². The molecular weight excluding hydrogens is 424 g/mol. The molecule has 0 fully saturated rings. The molecule has 0 saturated carbocycles. The van der Waals surface area contributed by atoms with Crippen molar-refractivity contribution >= 4 is 45.1 Å². The Hall–Kier alpha value is -3.79. The summed E-state index contributed by atoms with van der Waals surface area (Å²) in [5.41, 5.74) is 5.25. The van der Waals surface area contributed by atoms with Crippen molar-refractivity contribution in [3.8, 4) is 0 Å². The first-order chi connectivity index (χ1) is 15.6. The maximum atomic E-state index is 11.8. The quantitative estimate of drug-likeness (QED) is 0.225. The van der Waals surface area contributed by atoms with Crippen LogP contribution in [-0.2, 0) is 13.6 Å². The van der Waals surface area contributed by atoms with Gasteiger partial charge < -0.3 is 4.57 Å². The fraction of sp³-hybridized carbons (Fsp3) is 0.227. The zero-order chi connectivity index (χ0) is 22.2. The van der Waals surface area contributed by atoms with Crippen molar-refractivity contribution in [3.63, 3.8) is 0 Å². The molecule has 4 heterocycles. The van der Waals surface area contributed by atoms with Crippen LogP contribution in [0, 0.1) is 0 Å². The van der Waals surface area contributed by atoms with Crippen LogP contribution in [0.3, 0.4) is 0 Å². The van der Waals surface area contributed by atoms with Crippen LogP contribution in [0.2, 0.25) is 0 Å². The highest BCUT2D eigenvalue weighted by molar-refractivity contribution is 7.19. The van der Waals surface area contributed by atoms with E-state index in [4.69, 9.17) is 4.98 Å². The standard InChI is InChI=1S/C22H22N8OS/c1-13(17-7-8-23-27-17)22-26-21-20(32-22)16(19(12-31)30(21)3)10-25-29(2)11-14-5-4-6-18-15(14)9-24-28-18/h4-10,12-13H,11H2,1-3H3,(H,23,27)(H,24,28)/b25-10-. The largest absolute Gasteiger partial charge is 0.325 e. The second kappa shape index (κ2) is 8.04. The van der Waals surface area contributed by atoms with Gasteiger partial charge in [0.2, 0.25) is 0 Å². The molecule has 0 spiro atoms. The van der Waals surface area contributed by atoms with Gasteiger partial charge in [0, 0.05) is 42.9 Å². The monoisotopic (exact) mass is 446 g/mol. The Balaban J connectivity index is 1.46. The van der Waals surface area contributed by atoms with Crippen molar-refractivity contribution in [2.75, 3.05) is 7.05 Å². The van der Waals surface area contributed by atoms with Gasteiger partial charge >= 0.3 is 0 Å². The minimum Gasteiger partial charge on any atom is -0.325 e. The SMILES string of the molecule is CC(c1ccn[nH]1)c1nc2c(s1)c(/C=N\N(C)Cc1cccc3[nH]ncc13)c(C=O)n2C. The number of benzene rings is 1. The third-order valence-electron chi connectivity index (χ3n) is 5.65. The van der Waals surface area contributed by atoms with Gasteiger partial charge in [-0.3, -0.25) is 20.0 Å². The molecular formula is C22H22N8OS. The lowest BCUT2D eigenvalue weighted by molar-refractivity contribution is 0.111. The number of aldehydes is 1. The van der Waals surface area contributed by atoms with Crippen LogP contribution in [-0.4, -0.2) is 54.5 Å². The molecule has 0 aliphatic heterocycles. The van der Waals surface area contributed by atoms with E-state index in [0.29, 0.717) is 12.2 Å². The topological polar surface area (TPSA) is 108 Å². The Kier molecular flexibility index (Phi) is 5.06. The molecule has 4 aromatic heterocycles. The number of aromatic amines is 2. The van der Waals surface area contributed by atoms with E-state index in [1.54, 1.807) is 23.7 Å². The summed E-state index contributed by atoms with van der Waals surface area (Å²) in [4.78, 5) is 16.6. The highest BCUT2D eigenvalue weighted by Gasteiger charge is 2.22. The average Bonchev–Trinajstić information content (AvgIpc) is 3.57. The van der Waals surface area contributed by atoms with Gasteiger partial charge in [-0.1, -0.05) is 19.1 Å². The first-order valence-corrected chi connectivity index (χ1v) is 11.0. The van der Waals surface area contributed by atoms with Crippen LogP contribution in [0.25, 0.3) is 21.3 Å². The number of thiazole rings is 1. The molecule has 5 rings (SSSR count). The molecule has 5 aromatic rings. The lowest BCUT2D eigenvalue weighted by atomic mass is 10.1. The molecule has 10 heteroatoms. The lowest BCUT2D eigenvalue weighted by Crippen LogP contribution is -2.11. The first-order valence-electron chi connectivity index (χ1n) is 10.2. The minimum absolute atomic E-state index is 0.0810. The molecule has 0 saturated heterocycles. The van der Waals surface area contributed by atoms with Crippen molar-refractivity contribution in [3.05, 3.63) is 64.2 Å². The van der Waals surface area contributed by atoms with E-state index in [0.717, 1.165) is 49.4 Å². The van der Waals surface area contributed by atoms with E-state index >= 15 is 0 Å². The molecule has 0 aliphatic carbocycles.